The van der Waals surface area contributed by atoms with E-state index in [1.807, 2.05) is 0 Å². The van der Waals surface area contributed by atoms with Crippen LogP contribution in [0.15, 0.2) is 22.2 Å². The van der Waals surface area contributed by atoms with E-state index < -0.39 is 29.6 Å². The number of ether oxygens (including phenoxy) is 1. The van der Waals surface area contributed by atoms with Crippen LogP contribution in [0.4, 0.5) is 17.6 Å². The summed E-state index contributed by atoms with van der Waals surface area (Å²) in [5.41, 5.74) is -1.38. The molecule has 0 bridgehead atoms. The van der Waals surface area contributed by atoms with Gasteiger partial charge in [0.1, 0.15) is 11.6 Å². The van der Waals surface area contributed by atoms with Crippen LogP contribution in [0.5, 0.6) is 5.75 Å². The maximum Gasteiger partial charge on any atom is 0.430 e. The van der Waals surface area contributed by atoms with Gasteiger partial charge in [-0.05, 0) is 34.1 Å². The zero-order chi connectivity index (χ0) is 14.4. The normalized spacial score (nSPS) is 18.4. The lowest BCUT2D eigenvalue weighted by molar-refractivity contribution is -0.187. The van der Waals surface area contributed by atoms with Crippen LogP contribution in [0.3, 0.4) is 0 Å². The minimum absolute atomic E-state index is 0.110. The van der Waals surface area contributed by atoms with Crippen LogP contribution < -0.4 is 4.74 Å². The van der Waals surface area contributed by atoms with Gasteiger partial charge in [0.05, 0.1) is 15.6 Å². The van der Waals surface area contributed by atoms with E-state index in [2.05, 4.69) is 20.7 Å². The summed E-state index contributed by atoms with van der Waals surface area (Å²) in [5, 5.41) is 8.78. The molecule has 1 heterocycles. The maximum absolute atomic E-state index is 13.5. The summed E-state index contributed by atoms with van der Waals surface area (Å²) in [6, 6.07) is 2.18. The molecule has 0 fully saturated rings. The highest BCUT2D eigenvalue weighted by molar-refractivity contribution is 9.10. The van der Waals surface area contributed by atoms with Gasteiger partial charge in [0.15, 0.2) is 0 Å². The summed E-state index contributed by atoms with van der Waals surface area (Å²) in [6.07, 6.45) is -6.90. The fraction of sp³-hybridized carbons (Fsp3) is 0.182. The predicted molar refractivity (Wildman–Crippen MR) is 60.2 cm³/mol. The van der Waals surface area contributed by atoms with Crippen LogP contribution in [0.1, 0.15) is 5.56 Å². The number of aliphatic carboxylic acids is 1. The molecular formula is C11H5BrF4O3. The van der Waals surface area contributed by atoms with E-state index >= 15 is 0 Å². The Morgan fingerprint density at radius 2 is 2.00 bits per heavy atom. The van der Waals surface area contributed by atoms with Crippen molar-refractivity contribution in [1.82, 2.24) is 0 Å². The van der Waals surface area contributed by atoms with Crippen molar-refractivity contribution in [2.75, 3.05) is 0 Å². The molecule has 3 nitrogen and oxygen atoms in total. The largest absolute Gasteiger partial charge is 0.478 e. The summed E-state index contributed by atoms with van der Waals surface area (Å²) in [7, 11) is 0. The summed E-state index contributed by atoms with van der Waals surface area (Å²) in [4.78, 5) is 10.8. The quantitative estimate of drug-likeness (QED) is 0.797. The molecule has 1 aromatic carbocycles. The van der Waals surface area contributed by atoms with Crippen molar-refractivity contribution >= 4 is 28.0 Å². The van der Waals surface area contributed by atoms with E-state index in [0.717, 1.165) is 6.07 Å². The summed E-state index contributed by atoms with van der Waals surface area (Å²) in [5.74, 6) is -3.04. The SMILES string of the molecule is O=C(O)C1=Cc2c(F)ccc(Br)c2OC1C(F)(F)F. The zero-order valence-corrected chi connectivity index (χ0v) is 10.5. The van der Waals surface area contributed by atoms with Crippen LogP contribution >= 0.6 is 15.9 Å². The van der Waals surface area contributed by atoms with Crippen LogP contribution in [0.25, 0.3) is 6.08 Å². The molecule has 0 spiro atoms. The van der Waals surface area contributed by atoms with Gasteiger partial charge in [-0.3, -0.25) is 0 Å². The second-order valence-electron chi connectivity index (χ2n) is 3.72. The molecule has 0 radical (unpaired) electrons. The third-order valence-electron chi connectivity index (χ3n) is 2.46. The molecule has 1 aliphatic rings. The standard InChI is InChI=1S/C11H5BrF4O3/c12-6-1-2-7(13)4-3-5(10(17)18)9(11(14,15)16)19-8(4)6/h1-3,9H,(H,17,18). The van der Waals surface area contributed by atoms with E-state index in [0.29, 0.717) is 6.08 Å². The molecule has 8 heteroatoms. The second kappa shape index (κ2) is 4.52. The minimum atomic E-state index is -4.91. The molecule has 0 saturated carbocycles. The molecule has 0 aromatic heterocycles. The molecule has 0 amide bonds. The lowest BCUT2D eigenvalue weighted by atomic mass is 10.0. The molecule has 1 aromatic rings. The Morgan fingerprint density at radius 3 is 2.53 bits per heavy atom. The first-order valence-electron chi connectivity index (χ1n) is 4.88. The Kier molecular flexibility index (Phi) is 3.29. The molecule has 102 valence electrons. The van der Waals surface area contributed by atoms with Gasteiger partial charge < -0.3 is 9.84 Å². The number of benzene rings is 1. The highest BCUT2D eigenvalue weighted by Crippen LogP contribution is 2.41. The van der Waals surface area contributed by atoms with Crippen molar-refractivity contribution in [2.24, 2.45) is 0 Å². The van der Waals surface area contributed by atoms with Crippen molar-refractivity contribution in [3.63, 3.8) is 0 Å². The van der Waals surface area contributed by atoms with Gasteiger partial charge in [-0.15, -0.1) is 0 Å². The average molecular weight is 341 g/mol. The molecule has 1 atom stereocenters. The lowest BCUT2D eigenvalue weighted by Crippen LogP contribution is -2.40. The monoisotopic (exact) mass is 340 g/mol. The van der Waals surface area contributed by atoms with Crippen molar-refractivity contribution < 1.29 is 32.2 Å². The van der Waals surface area contributed by atoms with E-state index in [9.17, 15) is 22.4 Å². The number of carboxylic acids is 1. The van der Waals surface area contributed by atoms with Gasteiger partial charge >= 0.3 is 12.1 Å². The Morgan fingerprint density at radius 1 is 1.37 bits per heavy atom. The Balaban J connectivity index is 2.64. The number of fused-ring (bicyclic) bond motifs is 1. The van der Waals surface area contributed by atoms with Gasteiger partial charge in [0, 0.05) is 0 Å². The van der Waals surface area contributed by atoms with Crippen LogP contribution in [-0.2, 0) is 4.79 Å². The summed E-state index contributed by atoms with van der Waals surface area (Å²) >= 11 is 2.93. The Labute approximate surface area is 112 Å². The van der Waals surface area contributed by atoms with Crippen LogP contribution in [-0.4, -0.2) is 23.4 Å². The predicted octanol–water partition coefficient (Wildman–Crippen LogP) is 3.38. The number of alkyl halides is 3. The van der Waals surface area contributed by atoms with Gasteiger partial charge in [-0.1, -0.05) is 0 Å². The summed E-state index contributed by atoms with van der Waals surface area (Å²) < 4.78 is 56.4. The molecule has 1 unspecified atom stereocenters. The van der Waals surface area contributed by atoms with Crippen molar-refractivity contribution in [3.8, 4) is 5.75 Å². The van der Waals surface area contributed by atoms with Crippen LogP contribution in [0, 0.1) is 5.82 Å². The first-order chi connectivity index (χ1) is 8.71. The van der Waals surface area contributed by atoms with E-state index in [1.165, 1.54) is 6.07 Å². The molecule has 1 N–H and O–H groups in total. The van der Waals surface area contributed by atoms with E-state index in [1.54, 1.807) is 0 Å². The highest BCUT2D eigenvalue weighted by Gasteiger charge is 2.49. The topological polar surface area (TPSA) is 46.5 Å². The Hall–Kier alpha value is -1.57. The number of halogens is 5. The van der Waals surface area contributed by atoms with Crippen molar-refractivity contribution in [2.45, 2.75) is 12.3 Å². The Bertz CT molecular complexity index is 580. The van der Waals surface area contributed by atoms with E-state index in [4.69, 9.17) is 5.11 Å². The zero-order valence-electron chi connectivity index (χ0n) is 8.96. The number of hydrogen-bond acceptors (Lipinski definition) is 2. The van der Waals surface area contributed by atoms with Crippen molar-refractivity contribution in [3.05, 3.63) is 33.6 Å². The lowest BCUT2D eigenvalue weighted by Gasteiger charge is -2.27. The number of rotatable bonds is 1. The van der Waals surface area contributed by atoms with Gasteiger partial charge in [-0.2, -0.15) is 13.2 Å². The second-order valence-corrected chi connectivity index (χ2v) is 4.57. The third kappa shape index (κ3) is 2.44. The average Bonchev–Trinajstić information content (AvgIpc) is 2.31. The molecule has 19 heavy (non-hydrogen) atoms. The summed E-state index contributed by atoms with van der Waals surface area (Å²) in [6.45, 7) is 0. The van der Waals surface area contributed by atoms with Gasteiger partial charge in [0.25, 0.3) is 0 Å². The third-order valence-corrected chi connectivity index (χ3v) is 3.08. The van der Waals surface area contributed by atoms with Crippen molar-refractivity contribution in [1.29, 1.82) is 0 Å². The first kappa shape index (κ1) is 13.9. The molecule has 2 rings (SSSR count). The van der Waals surface area contributed by atoms with Gasteiger partial charge in [0.2, 0.25) is 6.10 Å². The number of carboxylic acid groups (broad SMARTS) is 1. The number of hydrogen-bond donors (Lipinski definition) is 1. The minimum Gasteiger partial charge on any atom is -0.478 e. The molecular weight excluding hydrogens is 336 g/mol. The fourth-order valence-electron chi connectivity index (χ4n) is 1.63. The molecule has 1 aliphatic heterocycles. The van der Waals surface area contributed by atoms with Crippen LogP contribution in [0.2, 0.25) is 0 Å². The fourth-order valence-corrected chi connectivity index (χ4v) is 2.07. The molecule has 0 aliphatic carbocycles. The highest BCUT2D eigenvalue weighted by atomic mass is 79.9. The van der Waals surface area contributed by atoms with Gasteiger partial charge in [-0.25, -0.2) is 9.18 Å². The first-order valence-corrected chi connectivity index (χ1v) is 5.67. The smallest absolute Gasteiger partial charge is 0.430 e. The maximum atomic E-state index is 13.5. The molecule has 0 saturated heterocycles. The number of carbonyl (C=O) groups is 1. The van der Waals surface area contributed by atoms with E-state index in [-0.39, 0.29) is 15.8 Å².